The summed E-state index contributed by atoms with van der Waals surface area (Å²) in [5.74, 6) is -0.840. The second kappa shape index (κ2) is 14.0. The summed E-state index contributed by atoms with van der Waals surface area (Å²) < 4.78 is 78.6. The molecule has 0 bridgehead atoms. The number of ether oxygens (including phenoxy) is 5. The number of hydrogen-bond donors (Lipinski definition) is 1. The molecule has 1 aromatic heterocycles. The Balaban J connectivity index is 1.47. The lowest BCUT2D eigenvalue weighted by Crippen LogP contribution is -2.17. The van der Waals surface area contributed by atoms with E-state index < -0.39 is 30.9 Å². The van der Waals surface area contributed by atoms with Gasteiger partial charge in [0.25, 0.3) is 5.56 Å². The molecule has 2 aliphatic rings. The first-order chi connectivity index (χ1) is 21.1. The van der Waals surface area contributed by atoms with Gasteiger partial charge in [-0.2, -0.15) is 17.6 Å². The highest BCUT2D eigenvalue weighted by atomic mass is 35.5. The first-order valence-electron chi connectivity index (χ1n) is 13.8. The molecule has 236 valence electrons. The van der Waals surface area contributed by atoms with Crippen LogP contribution in [0.4, 0.5) is 17.6 Å². The molecule has 1 heterocycles. The van der Waals surface area contributed by atoms with E-state index in [1.165, 1.54) is 42.6 Å². The second-order valence-corrected chi connectivity index (χ2v) is 11.3. The average Bonchev–Trinajstić information content (AvgIpc) is 3.91. The Bertz CT molecular complexity index is 1550. The Morgan fingerprint density at radius 1 is 0.841 bits per heavy atom. The number of carbonyl (C=O) groups is 1. The van der Waals surface area contributed by atoms with Gasteiger partial charge < -0.3 is 28.7 Å². The van der Waals surface area contributed by atoms with Crippen molar-refractivity contribution in [2.24, 2.45) is 11.8 Å². The summed E-state index contributed by atoms with van der Waals surface area (Å²) in [6.07, 6.45) is 3.64. The van der Waals surface area contributed by atoms with Crippen molar-refractivity contribution in [2.75, 3.05) is 13.2 Å². The van der Waals surface area contributed by atoms with Crippen molar-refractivity contribution in [3.8, 4) is 23.0 Å². The molecule has 14 heteroatoms. The normalized spacial score (nSPS) is 15.3. The molecule has 0 radical (unpaired) electrons. The molecule has 0 aliphatic heterocycles. The van der Waals surface area contributed by atoms with E-state index in [9.17, 15) is 27.2 Å². The molecule has 1 N–H and O–H groups in total. The van der Waals surface area contributed by atoms with Gasteiger partial charge in [-0.25, -0.2) is 4.79 Å². The molecule has 5 rings (SSSR count). The number of alkyl halides is 4. The highest BCUT2D eigenvalue weighted by Crippen LogP contribution is 2.39. The SMILES string of the molecule is O=C(OC(Cc1c(Cl)c[nH]c(=O)c1Cl)c1ccc(OC(F)F)c(OCC2CC2)c1)c1ccc(OC(F)F)c(OCC2CC2)c1. The van der Waals surface area contributed by atoms with Crippen molar-refractivity contribution in [2.45, 2.75) is 51.4 Å². The zero-order valence-electron chi connectivity index (χ0n) is 23.0. The van der Waals surface area contributed by atoms with Crippen LogP contribution in [0.15, 0.2) is 47.4 Å². The largest absolute Gasteiger partial charge is 0.489 e. The quantitative estimate of drug-likeness (QED) is 0.133. The highest BCUT2D eigenvalue weighted by molar-refractivity contribution is 6.35. The van der Waals surface area contributed by atoms with E-state index in [4.69, 9.17) is 37.4 Å². The number of aromatic nitrogens is 1. The molecular formula is C30H27Cl2F4NO7. The van der Waals surface area contributed by atoms with Crippen molar-refractivity contribution < 1.29 is 46.0 Å². The molecule has 2 fully saturated rings. The predicted octanol–water partition coefficient (Wildman–Crippen LogP) is 7.60. The maximum Gasteiger partial charge on any atom is 0.387 e. The van der Waals surface area contributed by atoms with Gasteiger partial charge in [-0.1, -0.05) is 29.3 Å². The Kier molecular flexibility index (Phi) is 10.1. The topological polar surface area (TPSA) is 96.1 Å². The molecule has 0 saturated heterocycles. The van der Waals surface area contributed by atoms with Crippen LogP contribution < -0.4 is 24.5 Å². The molecule has 44 heavy (non-hydrogen) atoms. The number of rotatable bonds is 15. The number of nitrogens with one attached hydrogen (secondary N) is 1. The summed E-state index contributed by atoms with van der Waals surface area (Å²) in [5.41, 5.74) is -0.218. The summed E-state index contributed by atoms with van der Waals surface area (Å²) in [6.45, 7) is -5.69. The number of hydrogen-bond acceptors (Lipinski definition) is 7. The van der Waals surface area contributed by atoms with Crippen LogP contribution in [-0.4, -0.2) is 37.4 Å². The van der Waals surface area contributed by atoms with E-state index in [1.807, 2.05) is 0 Å². The smallest absolute Gasteiger partial charge is 0.387 e. The zero-order chi connectivity index (χ0) is 31.4. The predicted molar refractivity (Wildman–Crippen MR) is 152 cm³/mol. The number of H-pyrrole nitrogens is 1. The first kappa shape index (κ1) is 31.8. The lowest BCUT2D eigenvalue weighted by molar-refractivity contribution is -0.0521. The van der Waals surface area contributed by atoms with E-state index in [0.29, 0.717) is 5.56 Å². The summed E-state index contributed by atoms with van der Waals surface area (Å²) >= 11 is 12.6. The van der Waals surface area contributed by atoms with Crippen molar-refractivity contribution >= 4 is 29.2 Å². The maximum absolute atomic E-state index is 13.5. The molecule has 1 unspecified atom stereocenters. The molecule has 0 amide bonds. The van der Waals surface area contributed by atoms with Crippen molar-refractivity contribution in [3.05, 3.63) is 79.7 Å². The lowest BCUT2D eigenvalue weighted by Gasteiger charge is -2.22. The van der Waals surface area contributed by atoms with Gasteiger partial charge in [0.05, 0.1) is 23.8 Å². The zero-order valence-corrected chi connectivity index (χ0v) is 24.5. The standard InChI is InChI=1S/C30H27Cl2F4NO7/c31-20-12-37-27(38)26(32)19(20)11-23(17-5-7-21(43-29(33)34)24(9-17)40-13-15-1-2-15)42-28(39)18-6-8-22(44-30(35)36)25(10-18)41-14-16-3-4-16/h5-10,12,15-16,23,29-30H,1-4,11,13-14H2,(H,37,38). The van der Waals surface area contributed by atoms with Gasteiger partial charge in [-0.05, 0) is 73.4 Å². The fourth-order valence-corrected chi connectivity index (χ4v) is 4.78. The van der Waals surface area contributed by atoms with Crippen LogP contribution in [-0.2, 0) is 11.2 Å². The number of pyridine rings is 1. The van der Waals surface area contributed by atoms with Crippen molar-refractivity contribution in [3.63, 3.8) is 0 Å². The molecule has 1 atom stereocenters. The van der Waals surface area contributed by atoms with Crippen LogP contribution in [0.25, 0.3) is 0 Å². The summed E-state index contributed by atoms with van der Waals surface area (Å²) in [5, 5.41) is -0.145. The van der Waals surface area contributed by atoms with Gasteiger partial charge in [0.1, 0.15) is 11.1 Å². The Morgan fingerprint density at radius 2 is 1.41 bits per heavy atom. The Hall–Kier alpha value is -3.64. The lowest BCUT2D eigenvalue weighted by atomic mass is 10.0. The fraction of sp³-hybridized carbons (Fsp3) is 0.400. The van der Waals surface area contributed by atoms with Gasteiger partial charge in [0.2, 0.25) is 0 Å². The molecule has 2 aliphatic carbocycles. The van der Waals surface area contributed by atoms with E-state index in [2.05, 4.69) is 14.5 Å². The monoisotopic (exact) mass is 659 g/mol. The summed E-state index contributed by atoms with van der Waals surface area (Å²) in [7, 11) is 0. The molecular weight excluding hydrogens is 633 g/mol. The van der Waals surface area contributed by atoms with Crippen LogP contribution >= 0.6 is 23.2 Å². The van der Waals surface area contributed by atoms with Gasteiger partial charge >= 0.3 is 19.2 Å². The minimum atomic E-state index is -3.11. The number of esters is 1. The van der Waals surface area contributed by atoms with E-state index in [1.54, 1.807) is 0 Å². The number of carbonyl (C=O) groups excluding carboxylic acids is 1. The average molecular weight is 660 g/mol. The number of benzene rings is 2. The van der Waals surface area contributed by atoms with Gasteiger partial charge in [0.15, 0.2) is 23.0 Å². The molecule has 2 saturated carbocycles. The van der Waals surface area contributed by atoms with Crippen LogP contribution in [0, 0.1) is 11.8 Å². The summed E-state index contributed by atoms with van der Waals surface area (Å²) in [6, 6.07) is 7.69. The van der Waals surface area contributed by atoms with Crippen LogP contribution in [0.5, 0.6) is 23.0 Å². The second-order valence-electron chi connectivity index (χ2n) is 10.5. The van der Waals surface area contributed by atoms with Crippen molar-refractivity contribution in [1.82, 2.24) is 4.98 Å². The summed E-state index contributed by atoms with van der Waals surface area (Å²) in [4.78, 5) is 28.1. The minimum Gasteiger partial charge on any atom is -0.489 e. The van der Waals surface area contributed by atoms with E-state index >= 15 is 0 Å². The molecule has 8 nitrogen and oxygen atoms in total. The van der Waals surface area contributed by atoms with Gasteiger partial charge in [-0.15, -0.1) is 0 Å². The van der Waals surface area contributed by atoms with E-state index in [-0.39, 0.29) is 75.6 Å². The van der Waals surface area contributed by atoms with E-state index in [0.717, 1.165) is 25.7 Å². The third-order valence-corrected chi connectivity index (χ3v) is 7.75. The third-order valence-electron chi connectivity index (χ3n) is 7.02. The van der Waals surface area contributed by atoms with Crippen LogP contribution in [0.1, 0.15) is 53.3 Å². The highest BCUT2D eigenvalue weighted by Gasteiger charge is 2.28. The maximum atomic E-state index is 13.5. The van der Waals surface area contributed by atoms with Crippen molar-refractivity contribution in [1.29, 1.82) is 0 Å². The minimum absolute atomic E-state index is 0.00288. The fourth-order valence-electron chi connectivity index (χ4n) is 4.28. The Labute approximate surface area is 259 Å². The van der Waals surface area contributed by atoms with Crippen LogP contribution in [0.3, 0.4) is 0 Å². The van der Waals surface area contributed by atoms with Gasteiger partial charge in [0, 0.05) is 18.2 Å². The van der Waals surface area contributed by atoms with Gasteiger partial charge in [-0.3, -0.25) is 4.79 Å². The molecule has 2 aromatic carbocycles. The number of halogens is 6. The third kappa shape index (κ3) is 8.50. The Morgan fingerprint density at radius 3 is 1.98 bits per heavy atom. The first-order valence-corrected chi connectivity index (χ1v) is 14.5. The number of aromatic amines is 1. The molecule has 0 spiro atoms. The molecule has 3 aromatic rings. The van der Waals surface area contributed by atoms with Crippen LogP contribution in [0.2, 0.25) is 10.0 Å².